The number of nitrogen functional groups attached to an aromatic ring is 1. The minimum absolute atomic E-state index is 0.0334. The quantitative estimate of drug-likeness (QED) is 0.608. The summed E-state index contributed by atoms with van der Waals surface area (Å²) in [4.78, 5) is 26.3. The van der Waals surface area contributed by atoms with E-state index in [1.807, 2.05) is 6.07 Å². The summed E-state index contributed by atoms with van der Waals surface area (Å²) in [6.07, 6.45) is 1.64. The van der Waals surface area contributed by atoms with E-state index in [9.17, 15) is 19.2 Å². The molecule has 30 heavy (non-hydrogen) atoms. The molecule has 1 heterocycles. The fraction of sp³-hybridized carbons (Fsp3) is 0.0952. The third-order valence-electron chi connectivity index (χ3n) is 4.34. The molecule has 0 unspecified atom stereocenters. The first-order valence-corrected chi connectivity index (χ1v) is 9.88. The van der Waals surface area contributed by atoms with Crippen molar-refractivity contribution in [1.29, 1.82) is 5.26 Å². The lowest BCUT2D eigenvalue weighted by atomic mass is 10.1. The monoisotopic (exact) mass is 424 g/mol. The number of benzene rings is 2. The third-order valence-corrected chi connectivity index (χ3v) is 5.16. The van der Waals surface area contributed by atoms with Crippen LogP contribution < -0.4 is 21.3 Å². The Kier molecular flexibility index (Phi) is 6.09. The zero-order chi connectivity index (χ0) is 21.8. The van der Waals surface area contributed by atoms with Crippen LogP contribution in [-0.2, 0) is 0 Å². The molecule has 1 aromatic heterocycles. The van der Waals surface area contributed by atoms with Crippen molar-refractivity contribution in [3.63, 3.8) is 0 Å². The summed E-state index contributed by atoms with van der Waals surface area (Å²) < 4.78 is 19.6. The van der Waals surface area contributed by atoms with E-state index >= 15 is 0 Å². The lowest BCUT2D eigenvalue weighted by molar-refractivity contribution is 0.102. The van der Waals surface area contributed by atoms with Gasteiger partial charge in [-0.05, 0) is 42.7 Å². The number of aromatic nitrogens is 1. The van der Waals surface area contributed by atoms with Crippen LogP contribution >= 0.6 is 11.8 Å². The van der Waals surface area contributed by atoms with E-state index in [2.05, 4.69) is 5.32 Å². The number of nitrogens with two attached hydrogens (primary N) is 1. The molecule has 1 amide bonds. The van der Waals surface area contributed by atoms with Crippen molar-refractivity contribution >= 4 is 29.2 Å². The highest BCUT2D eigenvalue weighted by atomic mass is 32.2. The average molecular weight is 424 g/mol. The molecule has 152 valence electrons. The van der Waals surface area contributed by atoms with Gasteiger partial charge in [0.1, 0.15) is 29.0 Å². The molecule has 0 spiro atoms. The molecule has 9 heteroatoms. The van der Waals surface area contributed by atoms with Gasteiger partial charge in [0.25, 0.3) is 11.5 Å². The van der Waals surface area contributed by atoms with Crippen molar-refractivity contribution in [3.8, 4) is 17.5 Å². The van der Waals surface area contributed by atoms with Crippen LogP contribution in [0.25, 0.3) is 5.69 Å². The van der Waals surface area contributed by atoms with Gasteiger partial charge in [0, 0.05) is 10.6 Å². The van der Waals surface area contributed by atoms with Crippen molar-refractivity contribution < 1.29 is 13.9 Å². The van der Waals surface area contributed by atoms with E-state index in [1.54, 1.807) is 30.5 Å². The van der Waals surface area contributed by atoms with Gasteiger partial charge in [-0.3, -0.25) is 14.2 Å². The first-order chi connectivity index (χ1) is 14.4. The van der Waals surface area contributed by atoms with Crippen LogP contribution in [0.3, 0.4) is 0 Å². The van der Waals surface area contributed by atoms with Crippen molar-refractivity contribution in [1.82, 2.24) is 4.57 Å². The Hall–Kier alpha value is -3.77. The molecule has 0 fully saturated rings. The van der Waals surface area contributed by atoms with E-state index in [-0.39, 0.29) is 21.8 Å². The number of halogens is 1. The molecular formula is C21H17FN4O3S. The highest BCUT2D eigenvalue weighted by molar-refractivity contribution is 7.98. The fourth-order valence-corrected chi connectivity index (χ4v) is 3.71. The lowest BCUT2D eigenvalue weighted by Gasteiger charge is -2.19. The molecular weight excluding hydrogens is 407 g/mol. The maximum absolute atomic E-state index is 13.2. The SMILES string of the molecule is COc1ccccc1-n1c(N)c(C(=O)Nc2ccc(F)cc2)c(SC)c(C#N)c1=O. The fourth-order valence-electron chi connectivity index (χ4n) is 2.97. The molecule has 0 bridgehead atoms. The van der Waals surface area contributed by atoms with Gasteiger partial charge in [0.2, 0.25) is 0 Å². The number of amides is 1. The number of thioether (sulfide) groups is 1. The van der Waals surface area contributed by atoms with Crippen molar-refractivity contribution in [2.24, 2.45) is 0 Å². The number of nitrogens with zero attached hydrogens (tertiary/aromatic N) is 2. The maximum atomic E-state index is 13.2. The number of hydrogen-bond donors (Lipinski definition) is 2. The van der Waals surface area contributed by atoms with Crippen LogP contribution in [0, 0.1) is 17.1 Å². The van der Waals surface area contributed by atoms with Gasteiger partial charge in [0.15, 0.2) is 0 Å². The van der Waals surface area contributed by atoms with E-state index in [4.69, 9.17) is 10.5 Å². The molecule has 0 saturated carbocycles. The van der Waals surface area contributed by atoms with Gasteiger partial charge < -0.3 is 15.8 Å². The Balaban J connectivity index is 2.27. The van der Waals surface area contributed by atoms with Crippen LogP contribution in [0.2, 0.25) is 0 Å². The molecule has 0 aliphatic heterocycles. The molecule has 0 aliphatic rings. The predicted octanol–water partition coefficient (Wildman–Crippen LogP) is 3.41. The smallest absolute Gasteiger partial charge is 0.275 e. The first kappa shape index (κ1) is 21.0. The summed E-state index contributed by atoms with van der Waals surface area (Å²) in [5.74, 6) is -0.887. The number of methoxy groups -OCH3 is 1. The first-order valence-electron chi connectivity index (χ1n) is 8.65. The van der Waals surface area contributed by atoms with Gasteiger partial charge in [-0.2, -0.15) is 5.26 Å². The molecule has 0 atom stereocenters. The van der Waals surface area contributed by atoms with Crippen LogP contribution in [0.5, 0.6) is 5.75 Å². The molecule has 2 aromatic carbocycles. The summed E-state index contributed by atoms with van der Waals surface area (Å²) in [5.41, 5.74) is 6.00. The second kappa shape index (κ2) is 8.71. The van der Waals surface area contributed by atoms with E-state index in [1.165, 1.54) is 31.4 Å². The minimum Gasteiger partial charge on any atom is -0.495 e. The van der Waals surface area contributed by atoms with Crippen LogP contribution in [0.1, 0.15) is 15.9 Å². The number of carbonyl (C=O) groups excluding carboxylic acids is 1. The van der Waals surface area contributed by atoms with Crippen LogP contribution in [0.4, 0.5) is 15.9 Å². The number of ether oxygens (including phenoxy) is 1. The Morgan fingerprint density at radius 3 is 2.50 bits per heavy atom. The number of carbonyl (C=O) groups is 1. The Bertz CT molecular complexity index is 1220. The molecule has 7 nitrogen and oxygen atoms in total. The number of nitriles is 1. The summed E-state index contributed by atoms with van der Waals surface area (Å²) >= 11 is 1.06. The Morgan fingerprint density at radius 1 is 1.23 bits per heavy atom. The molecule has 0 radical (unpaired) electrons. The third kappa shape index (κ3) is 3.73. The molecule has 3 N–H and O–H groups in total. The van der Waals surface area contributed by atoms with E-state index in [0.717, 1.165) is 16.3 Å². The van der Waals surface area contributed by atoms with Crippen LogP contribution in [-0.4, -0.2) is 23.8 Å². The van der Waals surface area contributed by atoms with E-state index < -0.39 is 17.3 Å². The largest absolute Gasteiger partial charge is 0.495 e. The van der Waals surface area contributed by atoms with Crippen molar-refractivity contribution in [3.05, 3.63) is 75.8 Å². The Labute approximate surface area is 175 Å². The standard InChI is InChI=1S/C21H17FN4O3S/c1-29-16-6-4-3-5-15(16)26-19(24)17(18(30-2)14(11-23)21(26)28)20(27)25-13-9-7-12(22)8-10-13/h3-10H,24H2,1-2H3,(H,25,27). The molecule has 0 aliphatic carbocycles. The van der Waals surface area contributed by atoms with Gasteiger partial charge >= 0.3 is 0 Å². The number of hydrogen-bond acceptors (Lipinski definition) is 6. The zero-order valence-electron chi connectivity index (χ0n) is 16.1. The lowest BCUT2D eigenvalue weighted by Crippen LogP contribution is -2.29. The normalized spacial score (nSPS) is 10.3. The van der Waals surface area contributed by atoms with Crippen molar-refractivity contribution in [2.45, 2.75) is 4.90 Å². The number of nitrogens with one attached hydrogen (secondary N) is 1. The predicted molar refractivity (Wildman–Crippen MR) is 114 cm³/mol. The summed E-state index contributed by atoms with van der Waals surface area (Å²) in [6, 6.07) is 13.7. The average Bonchev–Trinajstić information content (AvgIpc) is 2.75. The maximum Gasteiger partial charge on any atom is 0.275 e. The number of pyridine rings is 1. The minimum atomic E-state index is -0.665. The topological polar surface area (TPSA) is 110 Å². The highest BCUT2D eigenvalue weighted by Crippen LogP contribution is 2.31. The second-order valence-corrected chi connectivity index (χ2v) is 6.87. The van der Waals surface area contributed by atoms with Gasteiger partial charge in [-0.25, -0.2) is 4.39 Å². The zero-order valence-corrected chi connectivity index (χ0v) is 16.9. The summed E-state index contributed by atoms with van der Waals surface area (Å²) in [6.45, 7) is 0. The van der Waals surface area contributed by atoms with Gasteiger partial charge in [-0.15, -0.1) is 11.8 Å². The summed E-state index contributed by atoms with van der Waals surface area (Å²) in [7, 11) is 1.43. The van der Waals surface area contributed by atoms with E-state index in [0.29, 0.717) is 17.1 Å². The second-order valence-electron chi connectivity index (χ2n) is 6.05. The number of anilines is 2. The van der Waals surface area contributed by atoms with Crippen LogP contribution in [0.15, 0.2) is 58.2 Å². The molecule has 3 rings (SSSR count). The highest BCUT2D eigenvalue weighted by Gasteiger charge is 2.26. The van der Waals surface area contributed by atoms with Gasteiger partial charge in [-0.1, -0.05) is 12.1 Å². The molecule has 3 aromatic rings. The Morgan fingerprint density at radius 2 is 1.90 bits per heavy atom. The van der Waals surface area contributed by atoms with Crippen molar-refractivity contribution in [2.75, 3.05) is 24.4 Å². The molecule has 0 saturated heterocycles. The number of rotatable bonds is 5. The summed E-state index contributed by atoms with van der Waals surface area (Å²) in [5, 5.41) is 12.2. The van der Waals surface area contributed by atoms with Gasteiger partial charge in [0.05, 0.1) is 18.4 Å². The number of para-hydroxylation sites is 2.